The van der Waals surface area contributed by atoms with Crippen molar-refractivity contribution < 1.29 is 0 Å². The van der Waals surface area contributed by atoms with Crippen molar-refractivity contribution in [2.75, 3.05) is 0 Å². The van der Waals surface area contributed by atoms with Crippen LogP contribution in [0.3, 0.4) is 0 Å². The van der Waals surface area contributed by atoms with E-state index in [2.05, 4.69) is 97.1 Å². The van der Waals surface area contributed by atoms with E-state index in [-0.39, 0.29) is 0 Å². The molecule has 4 aromatic carbocycles. The molecule has 1 aliphatic rings. The number of hydrogen-bond acceptors (Lipinski definition) is 4. The summed E-state index contributed by atoms with van der Waals surface area (Å²) in [7, 11) is 0. The third kappa shape index (κ3) is 2.47. The van der Waals surface area contributed by atoms with Crippen molar-refractivity contribution in [2.45, 2.75) is 0 Å². The minimum atomic E-state index is 1.36. The standard InChI is InChI=1S/C32H16S4/c1-5-13-21-17(9-1)25-26-18-10-2-6-14-22(18)34-30(26)32-28(20-12-4-8-16-24(20)36-32)27-19-11-3-7-15-23(19)35-31(27)29(25)33-21/h1-16H/b26-25+,28-27+,31-29+,32-30+. The lowest BCUT2D eigenvalue weighted by Gasteiger charge is -1.93. The molecule has 168 valence electrons. The normalized spacial score (nSPS) is 16.4. The first kappa shape index (κ1) is 19.9. The van der Waals surface area contributed by atoms with Gasteiger partial charge in [0.05, 0.1) is 18.1 Å². The monoisotopic (exact) mass is 528 g/mol. The van der Waals surface area contributed by atoms with Gasteiger partial charge in [0.1, 0.15) is 0 Å². The molecule has 4 heterocycles. The molecule has 0 saturated heterocycles. The summed E-state index contributed by atoms with van der Waals surface area (Å²) in [6.45, 7) is 0. The zero-order valence-electron chi connectivity index (χ0n) is 18.9. The predicted octanol–water partition coefficient (Wildman–Crippen LogP) is 10.0. The number of thiophene rings is 4. The molecule has 36 heavy (non-hydrogen) atoms. The molecule has 0 aliphatic heterocycles. The Morgan fingerprint density at radius 1 is 0.278 bits per heavy atom. The topological polar surface area (TPSA) is 0 Å². The first-order valence-electron chi connectivity index (χ1n) is 11.9. The highest BCUT2D eigenvalue weighted by Gasteiger charge is 2.15. The van der Waals surface area contributed by atoms with Crippen LogP contribution in [0, 0.1) is 39.0 Å². The van der Waals surface area contributed by atoms with Crippen LogP contribution in [-0.4, -0.2) is 0 Å². The molecule has 9 rings (SSSR count). The van der Waals surface area contributed by atoms with E-state index >= 15 is 0 Å². The SMILES string of the molecule is c1ccc2c3/c(sc2c1)=c1\sc2ccccc2\c1=c1/c(sc2ccccc12)=c1\sc2ccccc2\c1=3. The summed E-state index contributed by atoms with van der Waals surface area (Å²) in [4.78, 5) is 0. The Morgan fingerprint density at radius 2 is 0.500 bits per heavy atom. The molecule has 0 amide bonds. The molecule has 0 radical (unpaired) electrons. The van der Waals surface area contributed by atoms with Crippen LogP contribution in [0.15, 0.2) is 97.1 Å². The Kier molecular flexibility index (Phi) is 3.94. The highest BCUT2D eigenvalue weighted by Crippen LogP contribution is 2.38. The van der Waals surface area contributed by atoms with Crippen LogP contribution in [0.4, 0.5) is 0 Å². The third-order valence-electron chi connectivity index (χ3n) is 7.29. The van der Waals surface area contributed by atoms with Crippen LogP contribution in [0.25, 0.3) is 40.3 Å². The summed E-state index contributed by atoms with van der Waals surface area (Å²) >= 11 is 7.83. The van der Waals surface area contributed by atoms with Crippen molar-refractivity contribution in [3.05, 3.63) is 136 Å². The predicted molar refractivity (Wildman–Crippen MR) is 158 cm³/mol. The van der Waals surface area contributed by atoms with Crippen LogP contribution in [0.2, 0.25) is 0 Å². The zero-order chi connectivity index (χ0) is 23.4. The first-order chi connectivity index (χ1) is 17.9. The van der Waals surface area contributed by atoms with Gasteiger partial charge in [-0.15, -0.1) is 45.3 Å². The number of benzene rings is 4. The van der Waals surface area contributed by atoms with Gasteiger partial charge >= 0.3 is 0 Å². The summed E-state index contributed by atoms with van der Waals surface area (Å²) in [5, 5.41) is 11.1. The van der Waals surface area contributed by atoms with Crippen molar-refractivity contribution >= 4 is 85.7 Å². The molecule has 8 aromatic rings. The molecular weight excluding hydrogens is 513 g/mol. The van der Waals surface area contributed by atoms with Gasteiger partial charge in [0, 0.05) is 61.2 Å². The van der Waals surface area contributed by atoms with Crippen molar-refractivity contribution in [2.24, 2.45) is 0 Å². The van der Waals surface area contributed by atoms with E-state index in [1.807, 2.05) is 45.3 Å². The van der Waals surface area contributed by atoms with Gasteiger partial charge in [-0.1, -0.05) is 72.8 Å². The summed E-state index contributed by atoms with van der Waals surface area (Å²) in [5.74, 6) is 0. The molecule has 4 aromatic heterocycles. The molecule has 0 fully saturated rings. The van der Waals surface area contributed by atoms with Crippen molar-refractivity contribution in [3.63, 3.8) is 0 Å². The van der Waals surface area contributed by atoms with E-state index in [9.17, 15) is 0 Å². The fraction of sp³-hybridized carbons (Fsp3) is 0. The molecule has 0 bridgehead atoms. The highest BCUT2D eigenvalue weighted by molar-refractivity contribution is 7.21. The van der Waals surface area contributed by atoms with E-state index in [0.717, 1.165) is 0 Å². The Morgan fingerprint density at radius 3 is 0.750 bits per heavy atom. The third-order valence-corrected chi connectivity index (χ3v) is 12.3. The van der Waals surface area contributed by atoms with E-state index in [4.69, 9.17) is 0 Å². The van der Waals surface area contributed by atoms with Crippen LogP contribution in [0.5, 0.6) is 0 Å². The van der Waals surface area contributed by atoms with Gasteiger partial charge in [-0.05, 0) is 24.3 Å². The average Bonchev–Trinajstić information content (AvgIpc) is 3.66. The fourth-order valence-corrected chi connectivity index (χ4v) is 10.9. The number of fused-ring (bicyclic) bond motifs is 12. The van der Waals surface area contributed by atoms with Gasteiger partial charge in [0.2, 0.25) is 0 Å². The molecule has 0 N–H and O–H groups in total. The molecular formula is C32H16S4. The molecule has 0 spiro atoms. The quantitative estimate of drug-likeness (QED) is 0.184. The highest BCUT2D eigenvalue weighted by atomic mass is 32.1. The van der Waals surface area contributed by atoms with Crippen molar-refractivity contribution in [1.82, 2.24) is 0 Å². The molecule has 4 heteroatoms. The molecule has 0 atom stereocenters. The van der Waals surface area contributed by atoms with Gasteiger partial charge < -0.3 is 0 Å². The van der Waals surface area contributed by atoms with Gasteiger partial charge in [-0.2, -0.15) is 0 Å². The van der Waals surface area contributed by atoms with Crippen molar-refractivity contribution in [3.8, 4) is 0 Å². The minimum Gasteiger partial charge on any atom is -0.134 e. The second-order valence-electron chi connectivity index (χ2n) is 9.21. The lowest BCUT2D eigenvalue weighted by Crippen LogP contribution is -1.80. The first-order valence-corrected chi connectivity index (χ1v) is 15.2. The van der Waals surface area contributed by atoms with Crippen LogP contribution in [0.1, 0.15) is 0 Å². The van der Waals surface area contributed by atoms with Crippen molar-refractivity contribution in [1.29, 1.82) is 0 Å². The minimum absolute atomic E-state index is 1.36. The van der Waals surface area contributed by atoms with E-state index < -0.39 is 0 Å². The lowest BCUT2D eigenvalue weighted by molar-refractivity contribution is 1.50. The molecule has 1 aliphatic carbocycles. The number of hydrogen-bond donors (Lipinski definition) is 0. The van der Waals surface area contributed by atoms with E-state index in [0.29, 0.717) is 0 Å². The Balaban J connectivity index is 1.90. The Bertz CT molecular complexity index is 2230. The van der Waals surface area contributed by atoms with Gasteiger partial charge in [0.25, 0.3) is 0 Å². The van der Waals surface area contributed by atoms with Gasteiger partial charge in [-0.3, -0.25) is 0 Å². The van der Waals surface area contributed by atoms with E-state index in [1.54, 1.807) is 0 Å². The molecule has 0 unspecified atom stereocenters. The second kappa shape index (κ2) is 7.15. The second-order valence-corrected chi connectivity index (χ2v) is 13.4. The zero-order valence-corrected chi connectivity index (χ0v) is 22.1. The largest absolute Gasteiger partial charge is 0.134 e. The summed E-state index contributed by atoms with van der Waals surface area (Å²) in [6.07, 6.45) is 0. The Labute approximate surface area is 220 Å². The van der Waals surface area contributed by atoms with E-state index in [1.165, 1.54) is 79.3 Å². The smallest absolute Gasteiger partial charge is 0.0541 e. The summed E-state index contributed by atoms with van der Waals surface area (Å²) < 4.78 is 11.1. The average molecular weight is 529 g/mol. The fourth-order valence-electron chi connectivity index (χ4n) is 5.81. The Hall–Kier alpha value is -3.28. The van der Waals surface area contributed by atoms with Gasteiger partial charge in [0.15, 0.2) is 0 Å². The van der Waals surface area contributed by atoms with Crippen LogP contribution >= 0.6 is 45.3 Å². The molecule has 0 saturated carbocycles. The van der Waals surface area contributed by atoms with Gasteiger partial charge in [-0.25, -0.2) is 0 Å². The molecule has 0 nitrogen and oxygen atoms in total. The number of rotatable bonds is 0. The van der Waals surface area contributed by atoms with Crippen LogP contribution < -0.4 is 0 Å². The lowest BCUT2D eigenvalue weighted by atomic mass is 10.1. The summed E-state index contributed by atoms with van der Waals surface area (Å²) in [5.41, 5.74) is 0. The maximum Gasteiger partial charge on any atom is 0.0541 e. The van der Waals surface area contributed by atoms with Crippen LogP contribution in [-0.2, 0) is 0 Å². The maximum atomic E-state index is 2.32. The maximum absolute atomic E-state index is 2.32. The summed E-state index contributed by atoms with van der Waals surface area (Å²) in [6, 6.07) is 35.9.